The maximum Gasteiger partial charge on any atom is 0.309 e. The van der Waals surface area contributed by atoms with Crippen LogP contribution in [0.1, 0.15) is 12.0 Å². The highest BCUT2D eigenvalue weighted by atomic mass is 16.4. The summed E-state index contributed by atoms with van der Waals surface area (Å²) >= 11 is 0. The number of aliphatic hydroxyl groups excluding tert-OH is 1. The molecular weight excluding hydrogens is 248 g/mol. The van der Waals surface area contributed by atoms with Crippen molar-refractivity contribution in [2.45, 2.75) is 19.6 Å². The number of aliphatic carboxylic acids is 1. The molecule has 7 heteroatoms. The van der Waals surface area contributed by atoms with E-state index in [0.29, 0.717) is 17.9 Å². The summed E-state index contributed by atoms with van der Waals surface area (Å²) in [4.78, 5) is 18.7. The molecule has 0 aliphatic carbocycles. The lowest BCUT2D eigenvalue weighted by molar-refractivity contribution is -0.752. The van der Waals surface area contributed by atoms with Gasteiger partial charge in [-0.15, -0.1) is 0 Å². The lowest BCUT2D eigenvalue weighted by Gasteiger charge is -1.99. The molecule has 0 spiro atoms. The zero-order valence-corrected chi connectivity index (χ0v) is 10.1. The van der Waals surface area contributed by atoms with E-state index in [1.165, 1.54) is 0 Å². The van der Waals surface area contributed by atoms with Gasteiger partial charge in [0.25, 0.3) is 0 Å². The minimum atomic E-state index is -0.860. The Hall–Kier alpha value is -2.41. The second-order valence-corrected chi connectivity index (χ2v) is 3.90. The molecule has 2 heterocycles. The Morgan fingerprint density at radius 2 is 2.00 bits per heavy atom. The first-order chi connectivity index (χ1) is 9.19. The number of hydrogen-bond donors (Lipinski definition) is 2. The van der Waals surface area contributed by atoms with Gasteiger partial charge >= 0.3 is 5.97 Å². The molecule has 2 rings (SSSR count). The molecule has 0 saturated heterocycles. The maximum atomic E-state index is 10.4. The lowest BCUT2D eigenvalue weighted by Crippen LogP contribution is -2.38. The smallest absolute Gasteiger partial charge is 0.309 e. The molecule has 0 saturated carbocycles. The number of carbonyl (C=O) groups is 1. The van der Waals surface area contributed by atoms with E-state index in [1.54, 1.807) is 35.5 Å². The summed E-state index contributed by atoms with van der Waals surface area (Å²) < 4.78 is 1.54. The van der Waals surface area contributed by atoms with Crippen molar-refractivity contribution in [3.8, 4) is 11.4 Å². The highest BCUT2D eigenvalue weighted by Crippen LogP contribution is 2.10. The number of carboxylic acids is 1. The molecule has 2 N–H and O–H groups in total. The van der Waals surface area contributed by atoms with Crippen molar-refractivity contribution in [1.82, 2.24) is 15.1 Å². The number of aromatic nitrogens is 4. The van der Waals surface area contributed by atoms with Crippen molar-refractivity contribution in [1.29, 1.82) is 0 Å². The van der Waals surface area contributed by atoms with E-state index in [1.807, 2.05) is 0 Å². The molecule has 0 amide bonds. The van der Waals surface area contributed by atoms with E-state index in [-0.39, 0.29) is 13.0 Å². The van der Waals surface area contributed by atoms with Crippen molar-refractivity contribution in [3.63, 3.8) is 0 Å². The Labute approximate surface area is 109 Å². The van der Waals surface area contributed by atoms with Crippen LogP contribution in [0.2, 0.25) is 0 Å². The first-order valence-corrected chi connectivity index (χ1v) is 5.69. The molecule has 0 radical (unpaired) electrons. The van der Waals surface area contributed by atoms with Crippen molar-refractivity contribution in [2.24, 2.45) is 0 Å². The number of carboxylic acid groups (broad SMARTS) is 1. The summed E-state index contributed by atoms with van der Waals surface area (Å²) in [6, 6.07) is 1.77. The summed E-state index contributed by atoms with van der Waals surface area (Å²) in [5, 5.41) is 21.6. The first-order valence-electron chi connectivity index (χ1n) is 5.69. The third kappa shape index (κ3) is 3.52. The normalized spacial score (nSPS) is 10.4. The second kappa shape index (κ2) is 5.96. The molecule has 0 unspecified atom stereocenters. The van der Waals surface area contributed by atoms with Gasteiger partial charge in [0.1, 0.15) is 12.6 Å². The molecule has 2 aromatic heterocycles. The Morgan fingerprint density at radius 3 is 2.53 bits per heavy atom. The SMILES string of the molecule is O=C(O)CC[n+]1ccc(-c2ncc(CO)cn2)cn1. The van der Waals surface area contributed by atoms with Crippen molar-refractivity contribution < 1.29 is 19.7 Å². The Balaban J connectivity index is 2.10. The minimum absolute atomic E-state index is 0.0265. The molecule has 7 nitrogen and oxygen atoms in total. The summed E-state index contributed by atoms with van der Waals surface area (Å²) in [5.74, 6) is -0.351. The van der Waals surface area contributed by atoms with Crippen LogP contribution in [0.15, 0.2) is 30.9 Å². The van der Waals surface area contributed by atoms with Crippen LogP contribution < -0.4 is 4.68 Å². The largest absolute Gasteiger partial charge is 0.481 e. The van der Waals surface area contributed by atoms with Gasteiger partial charge in [-0.2, -0.15) is 0 Å². The van der Waals surface area contributed by atoms with Gasteiger partial charge in [-0.1, -0.05) is 4.68 Å². The van der Waals surface area contributed by atoms with Crippen LogP contribution in [0.4, 0.5) is 0 Å². The molecule has 0 fully saturated rings. The monoisotopic (exact) mass is 261 g/mol. The van der Waals surface area contributed by atoms with Crippen molar-refractivity contribution in [2.75, 3.05) is 0 Å². The van der Waals surface area contributed by atoms with E-state index in [2.05, 4.69) is 15.1 Å². The van der Waals surface area contributed by atoms with Gasteiger partial charge in [0.15, 0.2) is 18.6 Å². The standard InChI is InChI=1S/C12H12N4O3/c17-8-9-5-13-12(14-6-9)10-1-3-16(15-7-10)4-2-11(18)19/h1,3,5-7,17H,2,4,8H2/p+1. The quantitative estimate of drug-likeness (QED) is 0.722. The van der Waals surface area contributed by atoms with Crippen LogP contribution in [-0.2, 0) is 17.9 Å². The minimum Gasteiger partial charge on any atom is -0.481 e. The molecule has 0 bridgehead atoms. The van der Waals surface area contributed by atoms with Gasteiger partial charge in [0.05, 0.1) is 6.61 Å². The highest BCUT2D eigenvalue weighted by Gasteiger charge is 2.08. The highest BCUT2D eigenvalue weighted by molar-refractivity contribution is 5.66. The maximum absolute atomic E-state index is 10.4. The van der Waals surface area contributed by atoms with Gasteiger partial charge < -0.3 is 10.2 Å². The van der Waals surface area contributed by atoms with Gasteiger partial charge in [-0.05, 0) is 5.10 Å². The van der Waals surface area contributed by atoms with Crippen LogP contribution in [0, 0.1) is 0 Å². The number of rotatable bonds is 5. The summed E-state index contributed by atoms with van der Waals surface area (Å²) in [6.07, 6.45) is 6.39. The zero-order chi connectivity index (χ0) is 13.7. The van der Waals surface area contributed by atoms with Crippen molar-refractivity contribution >= 4 is 5.97 Å². The van der Waals surface area contributed by atoms with E-state index < -0.39 is 5.97 Å². The van der Waals surface area contributed by atoms with Gasteiger partial charge in [-0.3, -0.25) is 4.79 Å². The average molecular weight is 261 g/mol. The van der Waals surface area contributed by atoms with E-state index >= 15 is 0 Å². The van der Waals surface area contributed by atoms with Crippen molar-refractivity contribution in [3.05, 3.63) is 36.4 Å². The number of hydrogen-bond acceptors (Lipinski definition) is 5. The molecule has 19 heavy (non-hydrogen) atoms. The van der Waals surface area contributed by atoms with Crippen LogP contribution >= 0.6 is 0 Å². The van der Waals surface area contributed by atoms with Crippen LogP contribution in [0.3, 0.4) is 0 Å². The van der Waals surface area contributed by atoms with E-state index in [9.17, 15) is 4.79 Å². The van der Waals surface area contributed by atoms with E-state index in [4.69, 9.17) is 10.2 Å². The van der Waals surface area contributed by atoms with Crippen LogP contribution in [0.25, 0.3) is 11.4 Å². The third-order valence-corrected chi connectivity index (χ3v) is 2.47. The molecule has 98 valence electrons. The predicted octanol–water partition coefficient (Wildman–Crippen LogP) is -0.207. The van der Waals surface area contributed by atoms with Gasteiger partial charge in [0, 0.05) is 29.6 Å². The number of aryl methyl sites for hydroxylation is 1. The third-order valence-electron chi connectivity index (χ3n) is 2.47. The van der Waals surface area contributed by atoms with Gasteiger partial charge in [-0.25, -0.2) is 9.97 Å². The van der Waals surface area contributed by atoms with Crippen LogP contribution in [0.5, 0.6) is 0 Å². The fraction of sp³-hybridized carbons (Fsp3) is 0.250. The Kier molecular flexibility index (Phi) is 4.09. The molecular formula is C12H13N4O3+. The zero-order valence-electron chi connectivity index (χ0n) is 10.1. The molecule has 2 aromatic rings. The molecule has 0 aromatic carbocycles. The number of aliphatic hydroxyl groups is 1. The molecule has 0 aliphatic rings. The Bertz CT molecular complexity index is 554. The Morgan fingerprint density at radius 1 is 1.26 bits per heavy atom. The topological polar surface area (TPSA) is 100 Å². The predicted molar refractivity (Wildman–Crippen MR) is 63.6 cm³/mol. The van der Waals surface area contributed by atoms with Gasteiger partial charge in [0.2, 0.25) is 0 Å². The second-order valence-electron chi connectivity index (χ2n) is 3.90. The fourth-order valence-corrected chi connectivity index (χ4v) is 1.44. The summed E-state index contributed by atoms with van der Waals surface area (Å²) in [7, 11) is 0. The summed E-state index contributed by atoms with van der Waals surface area (Å²) in [6.45, 7) is 0.225. The number of nitrogens with zero attached hydrogens (tertiary/aromatic N) is 4. The average Bonchev–Trinajstić information content (AvgIpc) is 2.46. The molecule has 0 aliphatic heterocycles. The van der Waals surface area contributed by atoms with Crippen LogP contribution in [-0.4, -0.2) is 31.2 Å². The first kappa shape index (κ1) is 13.0. The molecule has 0 atom stereocenters. The summed E-state index contributed by atoms with van der Waals surface area (Å²) in [5.41, 5.74) is 1.38. The lowest BCUT2D eigenvalue weighted by atomic mass is 10.3. The van der Waals surface area contributed by atoms with E-state index in [0.717, 1.165) is 5.56 Å². The fourth-order valence-electron chi connectivity index (χ4n) is 1.44.